The van der Waals surface area contributed by atoms with E-state index >= 15 is 0 Å². The van der Waals surface area contributed by atoms with Crippen molar-refractivity contribution in [1.29, 1.82) is 0 Å². The van der Waals surface area contributed by atoms with Crippen LogP contribution in [0.15, 0.2) is 9.59 Å². The predicted octanol–water partition coefficient (Wildman–Crippen LogP) is 0.110. The fourth-order valence-corrected chi connectivity index (χ4v) is 4.47. The lowest BCUT2D eigenvalue weighted by molar-refractivity contribution is -0.926. The molecule has 160 valence electrons. The van der Waals surface area contributed by atoms with Gasteiger partial charge < -0.3 is 9.47 Å². The third-order valence-corrected chi connectivity index (χ3v) is 6.05. The second-order valence-electron chi connectivity index (χ2n) is 9.95. The van der Waals surface area contributed by atoms with E-state index in [2.05, 4.69) is 13.8 Å². The quantitative estimate of drug-likeness (QED) is 0.784. The number of Topliss-reactive ketones (excluding diaryl/α,β-unsaturated/α-hetero) is 1. The van der Waals surface area contributed by atoms with Crippen molar-refractivity contribution in [3.05, 3.63) is 26.7 Å². The average molecular weight is 405 g/mol. The lowest BCUT2D eigenvalue weighted by atomic mass is 9.91. The molecule has 29 heavy (non-hydrogen) atoms. The number of aryl methyl sites for hydroxylation is 1. The summed E-state index contributed by atoms with van der Waals surface area (Å²) in [6, 6.07) is 0. The van der Waals surface area contributed by atoms with E-state index in [1.165, 1.54) is 22.9 Å². The Bertz CT molecular complexity index is 1040. The molecule has 0 amide bonds. The minimum atomic E-state index is -0.527. The highest BCUT2D eigenvalue weighted by Crippen LogP contribution is 2.19. The number of hydrogen-bond acceptors (Lipinski definition) is 4. The summed E-state index contributed by atoms with van der Waals surface area (Å²) in [6.45, 7) is 13.0. The van der Waals surface area contributed by atoms with E-state index in [9.17, 15) is 14.4 Å². The van der Waals surface area contributed by atoms with Crippen molar-refractivity contribution in [2.75, 3.05) is 13.1 Å². The first kappa shape index (κ1) is 21.5. The second kappa shape index (κ2) is 7.55. The lowest BCUT2D eigenvalue weighted by Crippen LogP contribution is -3.13. The maximum Gasteiger partial charge on any atom is 0.332 e. The van der Waals surface area contributed by atoms with Crippen LogP contribution in [0, 0.1) is 17.3 Å². The van der Waals surface area contributed by atoms with Crippen LogP contribution < -0.4 is 16.1 Å². The predicted molar refractivity (Wildman–Crippen MR) is 112 cm³/mol. The summed E-state index contributed by atoms with van der Waals surface area (Å²) in [5, 5.41) is 0. The molecule has 0 radical (unpaired) electrons. The smallest absolute Gasteiger partial charge is 0.328 e. The molecule has 3 rings (SSSR count). The summed E-state index contributed by atoms with van der Waals surface area (Å²) < 4.78 is 4.24. The van der Waals surface area contributed by atoms with Crippen LogP contribution in [-0.2, 0) is 32.0 Å². The monoisotopic (exact) mass is 404 g/mol. The SMILES string of the molecule is C[C@H]1C[C@H](C)C[NH+](Cc2nc3c(c(=O)n(C)c(=O)n3C)n2CC(=O)C(C)(C)C)C1. The number of imidazole rings is 1. The summed E-state index contributed by atoms with van der Waals surface area (Å²) in [5.41, 5.74) is -0.653. The van der Waals surface area contributed by atoms with Crippen molar-refractivity contribution in [1.82, 2.24) is 18.7 Å². The lowest BCUT2D eigenvalue weighted by Gasteiger charge is -2.31. The largest absolute Gasteiger partial charge is 0.332 e. The van der Waals surface area contributed by atoms with Gasteiger partial charge >= 0.3 is 5.69 Å². The first-order valence-electron chi connectivity index (χ1n) is 10.4. The number of carbonyl (C=O) groups is 1. The Hall–Kier alpha value is -2.22. The van der Waals surface area contributed by atoms with Crippen LogP contribution in [0.25, 0.3) is 11.2 Å². The molecular formula is C21H34N5O3+. The molecule has 0 spiro atoms. The van der Waals surface area contributed by atoms with Gasteiger partial charge in [0, 0.05) is 31.3 Å². The Balaban J connectivity index is 2.15. The van der Waals surface area contributed by atoms with E-state index in [0.29, 0.717) is 35.4 Å². The molecular weight excluding hydrogens is 370 g/mol. The summed E-state index contributed by atoms with van der Waals surface area (Å²) in [4.78, 5) is 44.3. The van der Waals surface area contributed by atoms with Crippen LogP contribution >= 0.6 is 0 Å². The number of ketones is 1. The Morgan fingerprint density at radius 2 is 1.69 bits per heavy atom. The molecule has 0 bridgehead atoms. The molecule has 1 aliphatic heterocycles. The molecule has 3 heterocycles. The van der Waals surface area contributed by atoms with Gasteiger partial charge in [-0.1, -0.05) is 34.6 Å². The summed E-state index contributed by atoms with van der Waals surface area (Å²) >= 11 is 0. The topological polar surface area (TPSA) is 83.3 Å². The third-order valence-electron chi connectivity index (χ3n) is 6.05. The molecule has 8 heteroatoms. The summed E-state index contributed by atoms with van der Waals surface area (Å²) in [5.74, 6) is 1.98. The Morgan fingerprint density at radius 1 is 1.10 bits per heavy atom. The molecule has 1 fully saturated rings. The van der Waals surface area contributed by atoms with Gasteiger partial charge in [0.05, 0.1) is 19.6 Å². The maximum absolute atomic E-state index is 12.9. The molecule has 2 aromatic rings. The number of hydrogen-bond donors (Lipinski definition) is 1. The molecule has 0 aromatic carbocycles. The molecule has 2 atom stereocenters. The van der Waals surface area contributed by atoms with Crippen LogP contribution in [0.4, 0.5) is 0 Å². The van der Waals surface area contributed by atoms with Gasteiger partial charge in [-0.15, -0.1) is 0 Å². The fraction of sp³-hybridized carbons (Fsp3) is 0.714. The summed E-state index contributed by atoms with van der Waals surface area (Å²) in [6.07, 6.45) is 1.22. The Labute approximate surface area is 171 Å². The number of aromatic nitrogens is 4. The molecule has 0 aliphatic carbocycles. The van der Waals surface area contributed by atoms with Crippen molar-refractivity contribution in [2.24, 2.45) is 31.3 Å². The highest BCUT2D eigenvalue weighted by Gasteiger charge is 2.30. The molecule has 1 aliphatic rings. The Morgan fingerprint density at radius 3 is 2.24 bits per heavy atom. The van der Waals surface area contributed by atoms with Gasteiger partial charge in [0.1, 0.15) is 6.54 Å². The molecule has 0 unspecified atom stereocenters. The number of quaternary nitrogens is 1. The van der Waals surface area contributed by atoms with E-state index < -0.39 is 16.7 Å². The number of nitrogens with zero attached hydrogens (tertiary/aromatic N) is 4. The number of piperidine rings is 1. The van der Waals surface area contributed by atoms with E-state index in [-0.39, 0.29) is 12.3 Å². The van der Waals surface area contributed by atoms with Gasteiger partial charge in [0.25, 0.3) is 5.56 Å². The second-order valence-corrected chi connectivity index (χ2v) is 9.95. The van der Waals surface area contributed by atoms with Crippen LogP contribution in [0.5, 0.6) is 0 Å². The van der Waals surface area contributed by atoms with Crippen molar-refractivity contribution in [3.63, 3.8) is 0 Å². The number of fused-ring (bicyclic) bond motifs is 1. The van der Waals surface area contributed by atoms with Gasteiger partial charge in [-0.25, -0.2) is 9.78 Å². The van der Waals surface area contributed by atoms with Crippen LogP contribution in [0.2, 0.25) is 0 Å². The average Bonchev–Trinajstić information content (AvgIpc) is 2.94. The Kier molecular flexibility index (Phi) is 5.60. The summed E-state index contributed by atoms with van der Waals surface area (Å²) in [7, 11) is 3.08. The molecule has 2 aromatic heterocycles. The number of rotatable bonds is 4. The standard InChI is InChI=1S/C21H33N5O3/c1-13-8-14(2)10-25(9-13)12-16-22-18-17(19(28)24(7)20(29)23(18)6)26(16)11-15(27)21(3,4)5/h13-14H,8-12H2,1-7H3/p+1/t13-,14-/m0/s1. The van der Waals surface area contributed by atoms with Crippen molar-refractivity contribution in [3.8, 4) is 0 Å². The van der Waals surface area contributed by atoms with E-state index in [4.69, 9.17) is 4.98 Å². The van der Waals surface area contributed by atoms with Crippen molar-refractivity contribution >= 4 is 16.9 Å². The number of likely N-dealkylation sites (tertiary alicyclic amines) is 1. The van der Waals surface area contributed by atoms with Gasteiger partial charge in [0.15, 0.2) is 22.8 Å². The van der Waals surface area contributed by atoms with Gasteiger partial charge in [-0.3, -0.25) is 18.7 Å². The maximum atomic E-state index is 12.9. The normalized spacial score (nSPS) is 22.9. The van der Waals surface area contributed by atoms with E-state index in [0.717, 1.165) is 17.7 Å². The molecule has 1 N–H and O–H groups in total. The van der Waals surface area contributed by atoms with Gasteiger partial charge in [-0.2, -0.15) is 0 Å². The zero-order valence-electron chi connectivity index (χ0n) is 18.7. The van der Waals surface area contributed by atoms with E-state index in [1.54, 1.807) is 11.6 Å². The number of carbonyl (C=O) groups excluding carboxylic acids is 1. The first-order chi connectivity index (χ1) is 13.4. The molecule has 0 saturated carbocycles. The zero-order chi connectivity index (χ0) is 21.7. The highest BCUT2D eigenvalue weighted by atomic mass is 16.2. The van der Waals surface area contributed by atoms with E-state index in [1.807, 2.05) is 20.8 Å². The van der Waals surface area contributed by atoms with Crippen LogP contribution in [0.1, 0.15) is 46.9 Å². The molecule has 1 saturated heterocycles. The van der Waals surface area contributed by atoms with Gasteiger partial charge in [0.2, 0.25) is 0 Å². The highest BCUT2D eigenvalue weighted by molar-refractivity contribution is 5.85. The zero-order valence-corrected chi connectivity index (χ0v) is 18.7. The third kappa shape index (κ3) is 4.08. The minimum absolute atomic E-state index is 0.0318. The van der Waals surface area contributed by atoms with Crippen molar-refractivity contribution < 1.29 is 9.69 Å². The van der Waals surface area contributed by atoms with Gasteiger partial charge in [-0.05, 0) is 6.42 Å². The molecule has 8 nitrogen and oxygen atoms in total. The minimum Gasteiger partial charge on any atom is -0.328 e. The van der Waals surface area contributed by atoms with Crippen LogP contribution in [-0.4, -0.2) is 37.6 Å². The van der Waals surface area contributed by atoms with Crippen molar-refractivity contribution in [2.45, 2.75) is 54.1 Å². The van der Waals surface area contributed by atoms with Crippen LogP contribution in [0.3, 0.4) is 0 Å². The first-order valence-corrected chi connectivity index (χ1v) is 10.4. The number of nitrogens with one attached hydrogen (secondary N) is 1. The fourth-order valence-electron chi connectivity index (χ4n) is 4.47.